The summed E-state index contributed by atoms with van der Waals surface area (Å²) in [6.07, 6.45) is 2.88. The van der Waals surface area contributed by atoms with Crippen molar-refractivity contribution in [2.45, 2.75) is 18.9 Å². The number of piperidine rings is 1. The molecule has 0 saturated carbocycles. The zero-order chi connectivity index (χ0) is 28.9. The Hall–Kier alpha value is -3.72. The van der Waals surface area contributed by atoms with Crippen molar-refractivity contribution in [3.05, 3.63) is 47.0 Å². The fourth-order valence-electron chi connectivity index (χ4n) is 4.69. The molecule has 1 amide bonds. The van der Waals surface area contributed by atoms with Gasteiger partial charge in [-0.1, -0.05) is 31.9 Å². The maximum atomic E-state index is 12.8. The van der Waals surface area contributed by atoms with E-state index in [1.807, 2.05) is 24.3 Å². The van der Waals surface area contributed by atoms with Gasteiger partial charge in [0.1, 0.15) is 36.0 Å². The van der Waals surface area contributed by atoms with E-state index in [9.17, 15) is 14.4 Å². The van der Waals surface area contributed by atoms with E-state index in [0.29, 0.717) is 24.0 Å². The van der Waals surface area contributed by atoms with Gasteiger partial charge in [0.05, 0.1) is 23.9 Å². The molecule has 1 unspecified atom stereocenters. The van der Waals surface area contributed by atoms with E-state index in [1.54, 1.807) is 17.6 Å². The number of anilines is 3. The summed E-state index contributed by atoms with van der Waals surface area (Å²) in [4.78, 5) is 47.1. The summed E-state index contributed by atoms with van der Waals surface area (Å²) in [5, 5.41) is 11.6. The van der Waals surface area contributed by atoms with Crippen molar-refractivity contribution in [2.75, 3.05) is 47.1 Å². The maximum absolute atomic E-state index is 12.8. The van der Waals surface area contributed by atoms with Gasteiger partial charge in [-0.3, -0.25) is 14.4 Å². The number of halogens is 2. The number of nitrogens with zero attached hydrogens (tertiary/aromatic N) is 6. The summed E-state index contributed by atoms with van der Waals surface area (Å²) in [7, 11) is 1.69. The number of carbonyl (C=O) groups excluding carboxylic acids is 2. The molecule has 3 aromatic heterocycles. The Morgan fingerprint density at radius 1 is 1.17 bits per heavy atom. The lowest BCUT2D eigenvalue weighted by atomic mass is 10.1. The number of fused-ring (bicyclic) bond motifs is 2. The summed E-state index contributed by atoms with van der Waals surface area (Å²) in [6, 6.07) is 9.22. The molecule has 41 heavy (non-hydrogen) atoms. The number of nitrogens with one attached hydrogen (secondary N) is 2. The largest absolute Gasteiger partial charge is 0.486 e. The Morgan fingerprint density at radius 2 is 2.02 bits per heavy atom. The van der Waals surface area contributed by atoms with Crippen LogP contribution in [0.3, 0.4) is 0 Å². The Morgan fingerprint density at radius 3 is 2.83 bits per heavy atom. The number of hydrogen-bond acceptors (Lipinski definition) is 10. The highest BCUT2D eigenvalue weighted by Gasteiger charge is 2.25. The summed E-state index contributed by atoms with van der Waals surface area (Å²) in [5.41, 5.74) is 1.22. The smallest absolute Gasteiger partial charge is 0.316 e. The van der Waals surface area contributed by atoms with E-state index >= 15 is 0 Å². The van der Waals surface area contributed by atoms with Crippen molar-refractivity contribution < 1.29 is 19.1 Å². The van der Waals surface area contributed by atoms with Gasteiger partial charge in [-0.15, -0.1) is 0 Å². The quantitative estimate of drug-likeness (QED) is 0.145. The third-order valence-electron chi connectivity index (χ3n) is 6.61. The minimum atomic E-state index is -0.288. The molecular weight excluding hydrogens is 664 g/mol. The van der Waals surface area contributed by atoms with E-state index in [2.05, 4.69) is 62.5 Å². The number of alkyl halides is 2. The predicted octanol–water partition coefficient (Wildman–Crippen LogP) is 2.52. The van der Waals surface area contributed by atoms with Crippen LogP contribution in [0.25, 0.3) is 16.7 Å². The second-order valence-corrected chi connectivity index (χ2v) is 10.5. The van der Waals surface area contributed by atoms with Gasteiger partial charge < -0.3 is 29.6 Å². The summed E-state index contributed by atoms with van der Waals surface area (Å²) < 4.78 is 14.4. The molecule has 1 saturated heterocycles. The number of aryl methyl sites for hydroxylation is 1. The second-order valence-electron chi connectivity index (χ2n) is 9.41. The molecule has 1 aliphatic heterocycles. The lowest BCUT2D eigenvalue weighted by molar-refractivity contribution is -0.145. The molecule has 5 rings (SSSR count). The van der Waals surface area contributed by atoms with Crippen molar-refractivity contribution in [2.24, 2.45) is 7.05 Å². The Kier molecular flexibility index (Phi) is 9.03. The number of benzene rings is 1. The lowest BCUT2D eigenvalue weighted by Gasteiger charge is -2.33. The maximum Gasteiger partial charge on any atom is 0.316 e. The fourth-order valence-corrected chi connectivity index (χ4v) is 5.02. The number of esters is 1. The molecule has 0 spiro atoms. The number of amides is 1. The van der Waals surface area contributed by atoms with Crippen molar-refractivity contribution in [1.29, 1.82) is 0 Å². The van der Waals surface area contributed by atoms with Crippen LogP contribution in [0.4, 0.5) is 17.3 Å². The van der Waals surface area contributed by atoms with Crippen LogP contribution in [-0.2, 0) is 21.4 Å². The van der Waals surface area contributed by atoms with Crippen LogP contribution in [0.2, 0.25) is 0 Å². The number of carbonyl (C=O) groups is 2. The van der Waals surface area contributed by atoms with Crippen LogP contribution in [0.5, 0.6) is 5.75 Å². The fraction of sp³-hybridized carbons (Fsp3) is 0.385. The van der Waals surface area contributed by atoms with E-state index in [1.165, 1.54) is 10.9 Å². The molecule has 216 valence electrons. The predicted molar refractivity (Wildman–Crippen MR) is 161 cm³/mol. The average molecular weight is 692 g/mol. The van der Waals surface area contributed by atoms with Gasteiger partial charge in [0, 0.05) is 30.7 Å². The summed E-state index contributed by atoms with van der Waals surface area (Å²) in [5.74, 6) is 1.51. The molecular formula is C26H28Br2N8O5. The molecule has 0 radical (unpaired) electrons. The van der Waals surface area contributed by atoms with Crippen molar-refractivity contribution in [3.8, 4) is 5.75 Å². The van der Waals surface area contributed by atoms with Gasteiger partial charge >= 0.3 is 5.97 Å². The molecule has 0 aliphatic carbocycles. The Labute approximate surface area is 251 Å². The van der Waals surface area contributed by atoms with Crippen molar-refractivity contribution in [1.82, 2.24) is 29.5 Å². The number of aromatic nitrogens is 5. The van der Waals surface area contributed by atoms with E-state index in [-0.39, 0.29) is 53.1 Å². The van der Waals surface area contributed by atoms with Crippen LogP contribution < -0.4 is 25.8 Å². The molecule has 4 heterocycles. The first-order chi connectivity index (χ1) is 19.9. The van der Waals surface area contributed by atoms with Crippen LogP contribution in [0.1, 0.15) is 12.8 Å². The molecule has 1 atom stereocenters. The first-order valence-corrected chi connectivity index (χ1v) is 15.2. The summed E-state index contributed by atoms with van der Waals surface area (Å²) >= 11 is 6.24. The minimum absolute atomic E-state index is 0.157. The standard InChI is InChI=1S/C26H28Br2N8O5/c1-34-19-5-4-17(9-16(19)10-20(25(34)39)40-8-6-29-23(37)12-27)32-22-11-21(33-26-30-15-31-36(22)26)35-7-2-3-18(14-35)41-24(38)13-28/h4-5,9-11,15,18,32H,2-3,6-8,12-14H2,1H3,(H,29,37). The Bertz CT molecular complexity index is 1640. The molecule has 13 nitrogen and oxygen atoms in total. The van der Waals surface area contributed by atoms with E-state index < -0.39 is 0 Å². The van der Waals surface area contributed by atoms with Gasteiger partial charge in [0.2, 0.25) is 5.91 Å². The second kappa shape index (κ2) is 12.9. The zero-order valence-electron chi connectivity index (χ0n) is 22.2. The number of ether oxygens (including phenoxy) is 2. The van der Waals surface area contributed by atoms with Gasteiger partial charge in [-0.2, -0.15) is 19.6 Å². The van der Waals surface area contributed by atoms with Crippen LogP contribution in [0.15, 0.2) is 41.5 Å². The summed E-state index contributed by atoms with van der Waals surface area (Å²) in [6.45, 7) is 1.74. The van der Waals surface area contributed by atoms with Gasteiger partial charge in [0.15, 0.2) is 5.75 Å². The molecule has 0 bridgehead atoms. The van der Waals surface area contributed by atoms with Crippen LogP contribution >= 0.6 is 31.9 Å². The SMILES string of the molecule is Cn1c(=O)c(OCCNC(=O)CBr)cc2cc(Nc3cc(N4CCCC(OC(=O)CBr)C4)nc4ncnn34)ccc21. The average Bonchev–Trinajstić information content (AvgIpc) is 3.47. The Balaban J connectivity index is 1.39. The van der Waals surface area contributed by atoms with Gasteiger partial charge in [-0.25, -0.2) is 0 Å². The lowest BCUT2D eigenvalue weighted by Crippen LogP contribution is -2.41. The molecule has 4 aromatic rings. The highest BCUT2D eigenvalue weighted by atomic mass is 79.9. The third-order valence-corrected chi connectivity index (χ3v) is 7.58. The van der Waals surface area contributed by atoms with E-state index in [4.69, 9.17) is 9.47 Å². The monoisotopic (exact) mass is 690 g/mol. The minimum Gasteiger partial charge on any atom is -0.486 e. The number of pyridine rings is 1. The highest BCUT2D eigenvalue weighted by molar-refractivity contribution is 9.09. The molecule has 2 N–H and O–H groups in total. The molecule has 15 heteroatoms. The molecule has 1 aliphatic rings. The molecule has 1 aromatic carbocycles. The van der Waals surface area contributed by atoms with Crippen LogP contribution in [0, 0.1) is 0 Å². The molecule has 1 fully saturated rings. The first-order valence-electron chi connectivity index (χ1n) is 12.9. The normalized spacial score (nSPS) is 15.2. The van der Waals surface area contributed by atoms with Gasteiger partial charge in [0.25, 0.3) is 11.3 Å². The topological polar surface area (TPSA) is 145 Å². The first kappa shape index (κ1) is 28.8. The number of hydrogen-bond donors (Lipinski definition) is 2. The van der Waals surface area contributed by atoms with Crippen molar-refractivity contribution in [3.63, 3.8) is 0 Å². The highest BCUT2D eigenvalue weighted by Crippen LogP contribution is 2.27. The van der Waals surface area contributed by atoms with Crippen molar-refractivity contribution >= 4 is 77.7 Å². The zero-order valence-corrected chi connectivity index (χ0v) is 25.4. The third kappa shape index (κ3) is 6.62. The number of rotatable bonds is 10. The van der Waals surface area contributed by atoms with Gasteiger partial charge in [-0.05, 0) is 37.1 Å². The van der Waals surface area contributed by atoms with E-state index in [0.717, 1.165) is 36.0 Å². The van der Waals surface area contributed by atoms with Crippen LogP contribution in [-0.4, -0.2) is 79.0 Å².